The summed E-state index contributed by atoms with van der Waals surface area (Å²) in [7, 11) is -3.13. The van der Waals surface area contributed by atoms with Gasteiger partial charge in [-0.05, 0) is 48.0 Å². The van der Waals surface area contributed by atoms with E-state index in [0.29, 0.717) is 60.0 Å². The Balaban J connectivity index is 1.46. The second-order valence-electron chi connectivity index (χ2n) is 9.10. The maximum atomic E-state index is 14.2. The molecule has 1 fully saturated rings. The molecule has 1 saturated heterocycles. The molecule has 0 bridgehead atoms. The lowest BCUT2D eigenvalue weighted by Gasteiger charge is -2.25. The number of anilines is 2. The average Bonchev–Trinajstić information content (AvgIpc) is 2.95. The predicted octanol–water partition coefficient (Wildman–Crippen LogP) is 3.84. The van der Waals surface area contributed by atoms with E-state index in [1.807, 2.05) is 6.07 Å². The topological polar surface area (TPSA) is 137 Å². The Morgan fingerprint density at radius 2 is 1.88 bits per heavy atom. The highest BCUT2D eigenvalue weighted by Crippen LogP contribution is 2.32. The number of ether oxygens (including phenoxy) is 2. The Morgan fingerprint density at radius 3 is 2.61 bits per heavy atom. The Kier molecular flexibility index (Phi) is 7.81. The minimum Gasteiger partial charge on any atom is -0.480 e. The third-order valence-corrected chi connectivity index (χ3v) is 7.81. The van der Waals surface area contributed by atoms with Gasteiger partial charge in [-0.3, -0.25) is 9.52 Å². The Hall–Kier alpha value is -4.62. The predicted molar refractivity (Wildman–Crippen MR) is 150 cm³/mol. The van der Waals surface area contributed by atoms with Gasteiger partial charge in [0.1, 0.15) is 28.0 Å². The zero-order chi connectivity index (χ0) is 29.1. The fourth-order valence-corrected chi connectivity index (χ4v) is 5.42. The number of carbonyl (C=O) groups is 1. The summed E-state index contributed by atoms with van der Waals surface area (Å²) < 4.78 is 66.1. The molecule has 0 saturated carbocycles. The number of morpholine rings is 1. The first-order valence-electron chi connectivity index (χ1n) is 12.4. The fourth-order valence-electron chi connectivity index (χ4n) is 4.31. The molecular formula is C28H25F2N5O5S. The molecule has 0 spiro atoms. The average molecular weight is 582 g/mol. The van der Waals surface area contributed by atoms with Gasteiger partial charge >= 0.3 is 0 Å². The molecule has 13 heteroatoms. The molecule has 10 nitrogen and oxygen atoms in total. The van der Waals surface area contributed by atoms with E-state index in [2.05, 4.69) is 14.7 Å². The van der Waals surface area contributed by atoms with Crippen LogP contribution in [-0.4, -0.2) is 62.6 Å². The van der Waals surface area contributed by atoms with Gasteiger partial charge in [-0.2, -0.15) is 0 Å². The van der Waals surface area contributed by atoms with Crippen molar-refractivity contribution < 1.29 is 31.5 Å². The van der Waals surface area contributed by atoms with Crippen LogP contribution in [0.1, 0.15) is 5.56 Å². The van der Waals surface area contributed by atoms with Crippen LogP contribution in [-0.2, 0) is 19.6 Å². The third kappa shape index (κ3) is 6.10. The number of nitrogens with one attached hydrogen (secondary N) is 1. The lowest BCUT2D eigenvalue weighted by atomic mass is 10.0. The van der Waals surface area contributed by atoms with E-state index >= 15 is 0 Å². The van der Waals surface area contributed by atoms with Crippen LogP contribution in [0.2, 0.25) is 0 Å². The molecule has 0 unspecified atom stereocenters. The molecule has 1 aliphatic heterocycles. The smallest absolute Gasteiger partial charge is 0.264 e. The lowest BCUT2D eigenvalue weighted by molar-refractivity contribution is -0.129. The summed E-state index contributed by atoms with van der Waals surface area (Å²) in [4.78, 5) is 22.1. The standard InChI is InChI=1S/C28H25F2N5O5S/c1-39-28-24(34-41(37,38)25-6-4-21(29)15-22(25)30)14-20(16-32-28)17-2-5-23-19(12-17)13-18(27(31)33-23)3-7-26(36)35-8-10-40-11-9-35/h2-7,12-16,34H,8-11H2,1H3,(H2,31,33)/b7-3+. The number of methoxy groups -OCH3 is 1. The number of rotatable bonds is 7. The first-order chi connectivity index (χ1) is 19.6. The van der Waals surface area contributed by atoms with Crippen molar-refractivity contribution >= 4 is 44.4 Å². The molecule has 2 aromatic carbocycles. The second-order valence-corrected chi connectivity index (χ2v) is 10.8. The molecule has 2 aromatic heterocycles. The first-order valence-corrected chi connectivity index (χ1v) is 13.9. The number of pyridine rings is 2. The van der Waals surface area contributed by atoms with Gasteiger partial charge in [0.15, 0.2) is 0 Å². The number of hydrogen-bond donors (Lipinski definition) is 2. The number of fused-ring (bicyclic) bond motifs is 1. The van der Waals surface area contributed by atoms with E-state index < -0.39 is 26.6 Å². The van der Waals surface area contributed by atoms with E-state index in [-0.39, 0.29) is 23.3 Å². The lowest BCUT2D eigenvalue weighted by Crippen LogP contribution is -2.39. The third-order valence-electron chi connectivity index (χ3n) is 6.41. The summed E-state index contributed by atoms with van der Waals surface area (Å²) in [6.07, 6.45) is 4.55. The number of amides is 1. The van der Waals surface area contributed by atoms with E-state index in [4.69, 9.17) is 15.2 Å². The SMILES string of the molecule is COc1ncc(-c2ccc3nc(N)c(/C=C/C(=O)N4CCOCC4)cc3c2)cc1NS(=O)(=O)c1ccc(F)cc1F. The summed E-state index contributed by atoms with van der Waals surface area (Å²) in [6, 6.07) is 10.8. The van der Waals surface area contributed by atoms with Crippen LogP contribution in [0.25, 0.3) is 28.1 Å². The highest BCUT2D eigenvalue weighted by atomic mass is 32.2. The van der Waals surface area contributed by atoms with Gasteiger partial charge in [-0.25, -0.2) is 27.2 Å². The van der Waals surface area contributed by atoms with Crippen molar-refractivity contribution in [3.63, 3.8) is 0 Å². The number of nitrogens with two attached hydrogens (primary N) is 1. The number of nitrogens with zero attached hydrogens (tertiary/aromatic N) is 3. The molecule has 0 radical (unpaired) electrons. The van der Waals surface area contributed by atoms with Crippen molar-refractivity contribution in [2.24, 2.45) is 0 Å². The van der Waals surface area contributed by atoms with Crippen molar-refractivity contribution in [1.29, 1.82) is 0 Å². The van der Waals surface area contributed by atoms with Crippen molar-refractivity contribution in [3.05, 3.63) is 78.0 Å². The number of benzene rings is 2. The van der Waals surface area contributed by atoms with Gasteiger partial charge in [0.05, 0.1) is 25.8 Å². The van der Waals surface area contributed by atoms with Crippen molar-refractivity contribution in [2.75, 3.05) is 43.9 Å². The minimum absolute atomic E-state index is 0.0468. The van der Waals surface area contributed by atoms with Crippen molar-refractivity contribution in [1.82, 2.24) is 14.9 Å². The number of aromatic nitrogens is 2. The maximum absolute atomic E-state index is 14.2. The molecule has 212 valence electrons. The second kappa shape index (κ2) is 11.5. The van der Waals surface area contributed by atoms with Crippen LogP contribution >= 0.6 is 0 Å². The van der Waals surface area contributed by atoms with Gasteiger partial charge in [-0.15, -0.1) is 0 Å². The molecule has 4 aromatic rings. The highest BCUT2D eigenvalue weighted by molar-refractivity contribution is 7.92. The Morgan fingerprint density at radius 1 is 1.10 bits per heavy atom. The van der Waals surface area contributed by atoms with Crippen LogP contribution < -0.4 is 15.2 Å². The van der Waals surface area contributed by atoms with Crippen molar-refractivity contribution in [3.8, 4) is 17.0 Å². The van der Waals surface area contributed by atoms with Gasteiger partial charge in [0.25, 0.3) is 10.0 Å². The maximum Gasteiger partial charge on any atom is 0.264 e. The summed E-state index contributed by atoms with van der Waals surface area (Å²) in [5, 5.41) is 0.710. The van der Waals surface area contributed by atoms with E-state index in [9.17, 15) is 22.0 Å². The van der Waals surface area contributed by atoms with Crippen LogP contribution in [0.15, 0.2) is 65.7 Å². The van der Waals surface area contributed by atoms with Crippen LogP contribution in [0, 0.1) is 11.6 Å². The first kappa shape index (κ1) is 27.9. The van der Waals surface area contributed by atoms with Crippen LogP contribution in [0.4, 0.5) is 20.3 Å². The molecule has 1 amide bonds. The number of halogens is 2. The molecule has 1 aliphatic rings. The molecule has 41 heavy (non-hydrogen) atoms. The molecule has 0 atom stereocenters. The van der Waals surface area contributed by atoms with Crippen LogP contribution in [0.3, 0.4) is 0 Å². The summed E-state index contributed by atoms with van der Waals surface area (Å²) in [5.74, 6) is -2.09. The Bertz CT molecular complexity index is 1780. The molecule has 3 N–H and O–H groups in total. The largest absolute Gasteiger partial charge is 0.480 e. The number of sulfonamides is 1. The zero-order valence-corrected chi connectivity index (χ0v) is 22.6. The number of hydrogen-bond acceptors (Lipinski definition) is 8. The van der Waals surface area contributed by atoms with E-state index in [0.717, 1.165) is 12.1 Å². The van der Waals surface area contributed by atoms with Gasteiger partial charge in [0.2, 0.25) is 11.8 Å². The quantitative estimate of drug-likeness (QED) is 0.314. The van der Waals surface area contributed by atoms with Gasteiger partial charge in [-0.1, -0.05) is 6.07 Å². The summed E-state index contributed by atoms with van der Waals surface area (Å²) in [6.45, 7) is 2.03. The normalized spacial score (nSPS) is 14.0. The van der Waals surface area contributed by atoms with E-state index in [1.165, 1.54) is 25.4 Å². The highest BCUT2D eigenvalue weighted by Gasteiger charge is 2.22. The summed E-state index contributed by atoms with van der Waals surface area (Å²) in [5.41, 5.74) is 8.42. The summed E-state index contributed by atoms with van der Waals surface area (Å²) >= 11 is 0. The van der Waals surface area contributed by atoms with Crippen molar-refractivity contribution in [2.45, 2.75) is 4.90 Å². The number of nitrogen functional groups attached to an aromatic ring is 1. The minimum atomic E-state index is -4.44. The molecular weight excluding hydrogens is 556 g/mol. The van der Waals surface area contributed by atoms with Crippen LogP contribution in [0.5, 0.6) is 5.88 Å². The Labute approximate surface area is 234 Å². The van der Waals surface area contributed by atoms with E-state index in [1.54, 1.807) is 29.2 Å². The number of carbonyl (C=O) groups excluding carboxylic acids is 1. The zero-order valence-electron chi connectivity index (χ0n) is 21.8. The fraction of sp³-hybridized carbons (Fsp3) is 0.179. The van der Waals surface area contributed by atoms with Gasteiger partial charge in [0, 0.05) is 47.9 Å². The molecule has 3 heterocycles. The monoisotopic (exact) mass is 581 g/mol. The van der Waals surface area contributed by atoms with Gasteiger partial charge < -0.3 is 20.1 Å². The molecule has 0 aliphatic carbocycles. The molecule has 5 rings (SSSR count).